The van der Waals surface area contributed by atoms with Gasteiger partial charge in [-0.2, -0.15) is 5.10 Å². The number of hydrogen-bond acceptors (Lipinski definition) is 4. The minimum absolute atomic E-state index is 0.770. The van der Waals surface area contributed by atoms with Crippen LogP contribution in [0.3, 0.4) is 0 Å². The van der Waals surface area contributed by atoms with Gasteiger partial charge < -0.3 is 5.73 Å². The van der Waals surface area contributed by atoms with Crippen molar-refractivity contribution in [2.45, 2.75) is 0 Å². The van der Waals surface area contributed by atoms with E-state index in [1.807, 2.05) is 24.3 Å². The molecule has 0 amide bonds. The van der Waals surface area contributed by atoms with E-state index in [1.165, 1.54) is 0 Å². The number of amidine groups is 1. The summed E-state index contributed by atoms with van der Waals surface area (Å²) in [7, 11) is 1.75. The van der Waals surface area contributed by atoms with E-state index in [4.69, 9.17) is 5.73 Å². The molecule has 0 spiro atoms. The van der Waals surface area contributed by atoms with Crippen LogP contribution in [-0.4, -0.2) is 23.7 Å². The number of rotatable bonds is 1. The molecule has 1 heterocycles. The molecule has 1 aromatic carbocycles. The van der Waals surface area contributed by atoms with E-state index in [0.29, 0.717) is 0 Å². The lowest BCUT2D eigenvalue weighted by molar-refractivity contribution is 1.03. The summed E-state index contributed by atoms with van der Waals surface area (Å²) in [4.78, 5) is 4.03. The highest BCUT2D eigenvalue weighted by Crippen LogP contribution is 2.14. The Kier molecular flexibility index (Phi) is 2.91. The van der Waals surface area contributed by atoms with Crippen LogP contribution in [0.4, 0.5) is 5.69 Å². The number of anilines is 1. The molecular formula is C10H12N4S. The van der Waals surface area contributed by atoms with E-state index in [1.54, 1.807) is 18.8 Å². The highest BCUT2D eigenvalue weighted by atomic mass is 32.2. The SMILES string of the molecule is CN=C1NN=C(c2ccc(N)cc2)CS1. The van der Waals surface area contributed by atoms with Crippen molar-refractivity contribution in [2.75, 3.05) is 18.5 Å². The Morgan fingerprint density at radius 3 is 2.67 bits per heavy atom. The fourth-order valence-electron chi connectivity index (χ4n) is 1.25. The van der Waals surface area contributed by atoms with Gasteiger partial charge in [-0.3, -0.25) is 10.4 Å². The number of thioether (sulfide) groups is 1. The minimum Gasteiger partial charge on any atom is -0.399 e. The summed E-state index contributed by atoms with van der Waals surface area (Å²) in [5.41, 5.74) is 11.4. The number of aliphatic imine (C=N–C) groups is 1. The standard InChI is InChI=1S/C10H12N4S/c1-12-10-14-13-9(6-15-10)7-2-4-8(11)5-3-7/h2-5H,6,11H2,1H3,(H,12,14). The number of hydrogen-bond donors (Lipinski definition) is 2. The first-order chi connectivity index (χ1) is 7.29. The van der Waals surface area contributed by atoms with Gasteiger partial charge in [-0.1, -0.05) is 23.9 Å². The Morgan fingerprint density at radius 1 is 1.40 bits per heavy atom. The van der Waals surface area contributed by atoms with Gasteiger partial charge in [-0.15, -0.1) is 0 Å². The van der Waals surface area contributed by atoms with Crippen LogP contribution in [-0.2, 0) is 0 Å². The number of nitrogens with two attached hydrogens (primary N) is 1. The summed E-state index contributed by atoms with van der Waals surface area (Å²) >= 11 is 1.65. The third-order valence-corrected chi connectivity index (χ3v) is 3.04. The first kappa shape index (κ1) is 10.0. The van der Waals surface area contributed by atoms with Crippen molar-refractivity contribution in [1.29, 1.82) is 0 Å². The predicted molar refractivity (Wildman–Crippen MR) is 66.3 cm³/mol. The van der Waals surface area contributed by atoms with Crippen molar-refractivity contribution >= 4 is 28.3 Å². The first-order valence-electron chi connectivity index (χ1n) is 4.57. The van der Waals surface area contributed by atoms with Gasteiger partial charge >= 0.3 is 0 Å². The lowest BCUT2D eigenvalue weighted by Gasteiger charge is -2.14. The van der Waals surface area contributed by atoms with E-state index in [2.05, 4.69) is 15.5 Å². The number of hydrazone groups is 1. The maximum Gasteiger partial charge on any atom is 0.177 e. The molecule has 15 heavy (non-hydrogen) atoms. The molecule has 5 heteroatoms. The van der Waals surface area contributed by atoms with Crippen LogP contribution in [0, 0.1) is 0 Å². The lowest BCUT2D eigenvalue weighted by Crippen LogP contribution is -2.25. The van der Waals surface area contributed by atoms with Crippen LogP contribution in [0.2, 0.25) is 0 Å². The molecule has 0 saturated heterocycles. The Morgan fingerprint density at radius 2 is 2.13 bits per heavy atom. The van der Waals surface area contributed by atoms with Gasteiger partial charge in [0.05, 0.1) is 5.71 Å². The first-order valence-corrected chi connectivity index (χ1v) is 5.56. The molecule has 0 atom stereocenters. The van der Waals surface area contributed by atoms with Crippen molar-refractivity contribution in [3.8, 4) is 0 Å². The van der Waals surface area contributed by atoms with Crippen LogP contribution >= 0.6 is 11.8 Å². The number of nitrogen functional groups attached to an aromatic ring is 1. The van der Waals surface area contributed by atoms with Gasteiger partial charge in [0.15, 0.2) is 5.17 Å². The third kappa shape index (κ3) is 2.30. The summed E-state index contributed by atoms with van der Waals surface area (Å²) in [6.07, 6.45) is 0. The summed E-state index contributed by atoms with van der Waals surface area (Å²) in [6, 6.07) is 7.72. The van der Waals surface area contributed by atoms with Gasteiger partial charge in [0.1, 0.15) is 0 Å². The zero-order chi connectivity index (χ0) is 10.7. The Bertz CT molecular complexity index is 408. The van der Waals surface area contributed by atoms with Crippen LogP contribution in [0.1, 0.15) is 5.56 Å². The zero-order valence-corrected chi connectivity index (χ0v) is 9.21. The van der Waals surface area contributed by atoms with Crippen molar-refractivity contribution in [3.05, 3.63) is 29.8 Å². The normalized spacial score (nSPS) is 18.5. The molecule has 4 nitrogen and oxygen atoms in total. The average molecular weight is 220 g/mol. The van der Waals surface area contributed by atoms with E-state index < -0.39 is 0 Å². The smallest absolute Gasteiger partial charge is 0.177 e. The second kappa shape index (κ2) is 4.35. The predicted octanol–water partition coefficient (Wildman–Crippen LogP) is 1.30. The fourth-order valence-corrected chi connectivity index (χ4v) is 2.00. The van der Waals surface area contributed by atoms with Crippen LogP contribution in [0.15, 0.2) is 34.4 Å². The van der Waals surface area contributed by atoms with E-state index in [0.717, 1.165) is 27.9 Å². The Labute approximate surface area is 92.7 Å². The molecule has 1 aliphatic rings. The topological polar surface area (TPSA) is 62.8 Å². The molecule has 0 aromatic heterocycles. The van der Waals surface area contributed by atoms with Crippen LogP contribution < -0.4 is 11.2 Å². The number of nitrogens with zero attached hydrogens (tertiary/aromatic N) is 2. The maximum atomic E-state index is 5.62. The van der Waals surface area contributed by atoms with Gasteiger partial charge in [0.2, 0.25) is 0 Å². The van der Waals surface area contributed by atoms with Crippen molar-refractivity contribution in [3.63, 3.8) is 0 Å². The average Bonchev–Trinajstić information content (AvgIpc) is 2.30. The number of nitrogens with one attached hydrogen (secondary N) is 1. The zero-order valence-electron chi connectivity index (χ0n) is 8.40. The molecule has 0 radical (unpaired) electrons. The molecule has 0 saturated carbocycles. The van der Waals surface area contributed by atoms with Gasteiger partial charge in [0, 0.05) is 18.5 Å². The molecule has 78 valence electrons. The molecule has 0 aliphatic carbocycles. The summed E-state index contributed by atoms with van der Waals surface area (Å²) in [5, 5.41) is 5.11. The lowest BCUT2D eigenvalue weighted by atomic mass is 10.1. The molecule has 3 N–H and O–H groups in total. The molecule has 0 fully saturated rings. The fraction of sp³-hybridized carbons (Fsp3) is 0.200. The van der Waals surface area contributed by atoms with Crippen LogP contribution in [0.25, 0.3) is 0 Å². The highest BCUT2D eigenvalue weighted by Gasteiger charge is 2.11. The monoisotopic (exact) mass is 220 g/mol. The maximum absolute atomic E-state index is 5.62. The second-order valence-corrected chi connectivity index (χ2v) is 4.07. The van der Waals surface area contributed by atoms with Gasteiger partial charge in [0.25, 0.3) is 0 Å². The van der Waals surface area contributed by atoms with Crippen LogP contribution in [0.5, 0.6) is 0 Å². The van der Waals surface area contributed by atoms with E-state index in [-0.39, 0.29) is 0 Å². The van der Waals surface area contributed by atoms with E-state index >= 15 is 0 Å². The molecular weight excluding hydrogens is 208 g/mol. The molecule has 1 aromatic rings. The molecule has 0 unspecified atom stereocenters. The van der Waals surface area contributed by atoms with E-state index in [9.17, 15) is 0 Å². The number of benzene rings is 1. The molecule has 2 rings (SSSR count). The minimum atomic E-state index is 0.770. The third-order valence-electron chi connectivity index (χ3n) is 2.08. The molecule has 1 aliphatic heterocycles. The van der Waals surface area contributed by atoms with Crippen molar-refractivity contribution in [2.24, 2.45) is 10.1 Å². The Balaban J connectivity index is 2.19. The summed E-state index contributed by atoms with van der Waals surface area (Å²) in [5.74, 6) is 0.837. The van der Waals surface area contributed by atoms with Crippen molar-refractivity contribution < 1.29 is 0 Å². The van der Waals surface area contributed by atoms with Crippen molar-refractivity contribution in [1.82, 2.24) is 5.43 Å². The Hall–Kier alpha value is -1.49. The second-order valence-electron chi connectivity index (χ2n) is 3.11. The quantitative estimate of drug-likeness (QED) is 0.701. The summed E-state index contributed by atoms with van der Waals surface area (Å²) in [6.45, 7) is 0. The summed E-state index contributed by atoms with van der Waals surface area (Å²) < 4.78 is 0. The highest BCUT2D eigenvalue weighted by molar-refractivity contribution is 8.14. The largest absolute Gasteiger partial charge is 0.399 e. The molecule has 0 bridgehead atoms. The van der Waals surface area contributed by atoms with Gasteiger partial charge in [-0.05, 0) is 17.7 Å². The van der Waals surface area contributed by atoms with Gasteiger partial charge in [-0.25, -0.2) is 0 Å².